The molecule has 6 N–H and O–H groups in total. The molecule has 0 aliphatic rings. The molecule has 174 valence electrons. The van der Waals surface area contributed by atoms with Crippen LogP contribution in [0.2, 0.25) is 0 Å². The molecule has 0 aliphatic heterocycles. The summed E-state index contributed by atoms with van der Waals surface area (Å²) in [7, 11) is 0. The maximum Gasteiger partial charge on any atom is 0.326 e. The average Bonchev–Trinajstić information content (AvgIpc) is 2.71. The zero-order valence-corrected chi connectivity index (χ0v) is 18.9. The summed E-state index contributed by atoms with van der Waals surface area (Å²) in [5.41, 5.74) is 6.30. The molecule has 0 fully saturated rings. The number of hydrogen-bond donors (Lipinski definition) is 5. The summed E-state index contributed by atoms with van der Waals surface area (Å²) in [6.07, 6.45) is 3.57. The lowest BCUT2D eigenvalue weighted by molar-refractivity contribution is -0.142. The Kier molecular flexibility index (Phi) is 14.8. The van der Waals surface area contributed by atoms with Crippen LogP contribution >= 0.6 is 11.8 Å². The van der Waals surface area contributed by atoms with Crippen LogP contribution in [0.3, 0.4) is 0 Å². The van der Waals surface area contributed by atoms with Crippen LogP contribution in [0.1, 0.15) is 32.3 Å². The number of nitrogens with two attached hydrogens (primary N) is 1. The summed E-state index contributed by atoms with van der Waals surface area (Å²) < 4.78 is 0. The van der Waals surface area contributed by atoms with Crippen LogP contribution in [-0.4, -0.2) is 64.6 Å². The third-order valence-electron chi connectivity index (χ3n) is 4.13. The molecular weight excluding hydrogens is 422 g/mol. The third-order valence-corrected chi connectivity index (χ3v) is 4.78. The lowest BCUT2D eigenvalue weighted by atomic mass is 10.0. The molecule has 0 spiro atoms. The van der Waals surface area contributed by atoms with Crippen molar-refractivity contribution < 1.29 is 29.4 Å². The fourth-order valence-electron chi connectivity index (χ4n) is 2.53. The fraction of sp³-hybridized carbons (Fsp3) is 0.524. The number of aliphatic carboxylic acids is 2. The first kappa shape index (κ1) is 28.4. The summed E-state index contributed by atoms with van der Waals surface area (Å²) in [6.45, 7) is 3.77. The van der Waals surface area contributed by atoms with Crippen LogP contribution < -0.4 is 16.4 Å². The first-order valence-corrected chi connectivity index (χ1v) is 11.3. The molecule has 0 heterocycles. The molecule has 9 nitrogen and oxygen atoms in total. The predicted octanol–water partition coefficient (Wildman–Crippen LogP) is 1.11. The molecule has 3 atom stereocenters. The van der Waals surface area contributed by atoms with Gasteiger partial charge in [-0.2, -0.15) is 11.8 Å². The van der Waals surface area contributed by atoms with E-state index in [-0.39, 0.29) is 5.92 Å². The lowest BCUT2D eigenvalue weighted by Gasteiger charge is -2.20. The van der Waals surface area contributed by atoms with Crippen molar-refractivity contribution in [1.29, 1.82) is 0 Å². The van der Waals surface area contributed by atoms with Crippen LogP contribution in [-0.2, 0) is 25.6 Å². The zero-order valence-electron chi connectivity index (χ0n) is 18.1. The van der Waals surface area contributed by atoms with E-state index in [1.165, 1.54) is 0 Å². The molecule has 10 heteroatoms. The molecular formula is C21H33N3O6S. The van der Waals surface area contributed by atoms with Gasteiger partial charge in [-0.1, -0.05) is 44.2 Å². The second kappa shape index (κ2) is 16.1. The quantitative estimate of drug-likeness (QED) is 0.277. The standard InChI is InChI=1S/C12H22N2O4S.C9H11NO2/c1-8(2)6-10(12(17)18)14-11(16)9(13-7-15)4-5-19-3;10-8(9(11)12)6-7-4-2-1-3-5-7/h7-10H,4-6H2,1-3H3,(H,13,15)(H,14,16)(H,17,18);1-5,8H,6,10H2,(H,11,12). The number of carboxylic acid groups (broad SMARTS) is 2. The molecule has 0 radical (unpaired) electrons. The van der Waals surface area contributed by atoms with E-state index < -0.39 is 36.0 Å². The number of hydrogen-bond acceptors (Lipinski definition) is 6. The van der Waals surface area contributed by atoms with Crippen LogP contribution in [0.4, 0.5) is 0 Å². The van der Waals surface area contributed by atoms with Crippen molar-refractivity contribution >= 4 is 36.0 Å². The Morgan fingerprint density at radius 3 is 2.16 bits per heavy atom. The number of carbonyl (C=O) groups excluding carboxylic acids is 2. The molecule has 2 amide bonds. The van der Waals surface area contributed by atoms with Gasteiger partial charge in [-0.25, -0.2) is 4.79 Å². The molecule has 3 unspecified atom stereocenters. The Bertz CT molecular complexity index is 687. The molecule has 31 heavy (non-hydrogen) atoms. The fourth-order valence-corrected chi connectivity index (χ4v) is 3.00. The smallest absolute Gasteiger partial charge is 0.326 e. The lowest BCUT2D eigenvalue weighted by Crippen LogP contribution is -2.50. The molecule has 1 rings (SSSR count). The van der Waals surface area contributed by atoms with E-state index in [1.54, 1.807) is 11.8 Å². The summed E-state index contributed by atoms with van der Waals surface area (Å²) in [5.74, 6) is -1.60. The molecule has 0 saturated carbocycles. The van der Waals surface area contributed by atoms with E-state index in [0.29, 0.717) is 31.4 Å². The topological polar surface area (TPSA) is 159 Å². The molecule has 0 saturated heterocycles. The molecule has 1 aromatic rings. The Labute approximate surface area is 187 Å². The van der Waals surface area contributed by atoms with Crippen molar-refractivity contribution in [2.75, 3.05) is 12.0 Å². The van der Waals surface area contributed by atoms with Gasteiger partial charge in [0, 0.05) is 0 Å². The minimum Gasteiger partial charge on any atom is -0.480 e. The summed E-state index contributed by atoms with van der Waals surface area (Å²) in [6, 6.07) is 6.94. The van der Waals surface area contributed by atoms with E-state index >= 15 is 0 Å². The average molecular weight is 456 g/mol. The maximum atomic E-state index is 11.9. The van der Waals surface area contributed by atoms with Gasteiger partial charge in [-0.15, -0.1) is 0 Å². The van der Waals surface area contributed by atoms with Crippen LogP contribution in [0, 0.1) is 5.92 Å². The predicted molar refractivity (Wildman–Crippen MR) is 121 cm³/mol. The van der Waals surface area contributed by atoms with Gasteiger partial charge in [0.25, 0.3) is 0 Å². The van der Waals surface area contributed by atoms with E-state index in [1.807, 2.05) is 50.4 Å². The number of rotatable bonds is 13. The molecule has 0 aliphatic carbocycles. The van der Waals surface area contributed by atoms with Crippen LogP contribution in [0.5, 0.6) is 0 Å². The number of thioether (sulfide) groups is 1. The van der Waals surface area contributed by atoms with E-state index in [9.17, 15) is 19.2 Å². The first-order valence-electron chi connectivity index (χ1n) is 9.86. The minimum absolute atomic E-state index is 0.157. The van der Waals surface area contributed by atoms with Crippen molar-refractivity contribution in [1.82, 2.24) is 10.6 Å². The number of nitrogens with one attached hydrogen (secondary N) is 2. The number of carbonyl (C=O) groups is 4. The Balaban J connectivity index is 0.000000639. The second-order valence-corrected chi connectivity index (χ2v) is 8.27. The van der Waals surface area contributed by atoms with Gasteiger partial charge in [0.2, 0.25) is 12.3 Å². The van der Waals surface area contributed by atoms with Crippen LogP contribution in [0.15, 0.2) is 30.3 Å². The van der Waals surface area contributed by atoms with Gasteiger partial charge in [0.05, 0.1) is 0 Å². The van der Waals surface area contributed by atoms with Gasteiger partial charge < -0.3 is 26.6 Å². The Morgan fingerprint density at radius 2 is 1.71 bits per heavy atom. The van der Waals surface area contributed by atoms with Crippen molar-refractivity contribution in [3.05, 3.63) is 35.9 Å². The zero-order chi connectivity index (χ0) is 23.8. The third kappa shape index (κ3) is 13.3. The SMILES string of the molecule is CSCCC(NC=O)C(=O)NC(CC(C)C)C(=O)O.NC(Cc1ccccc1)C(=O)O. The van der Waals surface area contributed by atoms with Crippen molar-refractivity contribution in [2.45, 2.75) is 51.2 Å². The van der Waals surface area contributed by atoms with Crippen molar-refractivity contribution in [3.8, 4) is 0 Å². The van der Waals surface area contributed by atoms with Crippen molar-refractivity contribution in [3.63, 3.8) is 0 Å². The van der Waals surface area contributed by atoms with Gasteiger partial charge >= 0.3 is 11.9 Å². The summed E-state index contributed by atoms with van der Waals surface area (Å²) in [4.78, 5) is 43.8. The minimum atomic E-state index is -1.06. The van der Waals surface area contributed by atoms with Gasteiger partial charge in [-0.3, -0.25) is 14.4 Å². The van der Waals surface area contributed by atoms with E-state index in [4.69, 9.17) is 15.9 Å². The number of benzene rings is 1. The first-order chi connectivity index (χ1) is 14.6. The largest absolute Gasteiger partial charge is 0.480 e. The van der Waals surface area contributed by atoms with E-state index in [0.717, 1.165) is 5.56 Å². The van der Waals surface area contributed by atoms with Crippen molar-refractivity contribution in [2.24, 2.45) is 11.7 Å². The molecule has 0 aromatic heterocycles. The van der Waals surface area contributed by atoms with Gasteiger partial charge in [-0.05, 0) is 42.8 Å². The molecule has 1 aromatic carbocycles. The van der Waals surface area contributed by atoms with E-state index in [2.05, 4.69) is 10.6 Å². The molecule has 0 bridgehead atoms. The highest BCUT2D eigenvalue weighted by Crippen LogP contribution is 2.07. The maximum absolute atomic E-state index is 11.9. The highest BCUT2D eigenvalue weighted by molar-refractivity contribution is 7.98. The Hall–Kier alpha value is -2.59. The summed E-state index contributed by atoms with van der Waals surface area (Å²) in [5, 5.41) is 22.5. The number of amides is 2. The highest BCUT2D eigenvalue weighted by atomic mass is 32.2. The normalized spacial score (nSPS) is 13.2. The monoisotopic (exact) mass is 455 g/mol. The number of carboxylic acids is 2. The second-order valence-electron chi connectivity index (χ2n) is 7.28. The van der Waals surface area contributed by atoms with Crippen LogP contribution in [0.25, 0.3) is 0 Å². The highest BCUT2D eigenvalue weighted by Gasteiger charge is 2.25. The Morgan fingerprint density at radius 1 is 1.10 bits per heavy atom. The van der Waals surface area contributed by atoms with Gasteiger partial charge in [0.1, 0.15) is 18.1 Å². The van der Waals surface area contributed by atoms with Gasteiger partial charge in [0.15, 0.2) is 0 Å². The summed E-state index contributed by atoms with van der Waals surface area (Å²) >= 11 is 1.56.